The molecule has 1 aliphatic heterocycles. The fraction of sp³-hybridized carbons (Fsp3) is 0.417. The van der Waals surface area contributed by atoms with E-state index in [9.17, 15) is 0 Å². The summed E-state index contributed by atoms with van der Waals surface area (Å²) in [5.74, 6) is 0.948. The Balaban J connectivity index is 2.33. The van der Waals surface area contributed by atoms with Gasteiger partial charge in [-0.2, -0.15) is 0 Å². The summed E-state index contributed by atoms with van der Waals surface area (Å²) < 4.78 is 6.90. The van der Waals surface area contributed by atoms with E-state index in [4.69, 9.17) is 4.74 Å². The molecule has 0 amide bonds. The van der Waals surface area contributed by atoms with E-state index in [0.29, 0.717) is 6.04 Å². The fourth-order valence-electron chi connectivity index (χ4n) is 1.48. The van der Waals surface area contributed by atoms with Gasteiger partial charge in [-0.3, -0.25) is 4.99 Å². The Morgan fingerprint density at radius 2 is 2.19 bits per heavy atom. The number of rotatable bonds is 1. The second kappa shape index (κ2) is 4.80. The van der Waals surface area contributed by atoms with Crippen LogP contribution in [0.5, 0.6) is 5.75 Å². The summed E-state index contributed by atoms with van der Waals surface area (Å²) in [5.41, 5.74) is 0. The normalized spacial score (nSPS) is 22.1. The van der Waals surface area contributed by atoms with Crippen molar-refractivity contribution in [2.45, 2.75) is 37.8 Å². The third kappa shape index (κ3) is 2.61. The fourth-order valence-corrected chi connectivity index (χ4v) is 3.10. The number of nitrogens with zero attached hydrogens (tertiary/aromatic N) is 1. The zero-order valence-corrected chi connectivity index (χ0v) is 11.9. The molecule has 0 radical (unpaired) electrons. The van der Waals surface area contributed by atoms with Crippen molar-refractivity contribution in [1.29, 1.82) is 0 Å². The summed E-state index contributed by atoms with van der Waals surface area (Å²) in [5, 5.41) is 1.06. The van der Waals surface area contributed by atoms with Gasteiger partial charge in [-0.05, 0) is 39.0 Å². The lowest BCUT2D eigenvalue weighted by Gasteiger charge is -2.25. The molecule has 0 aliphatic carbocycles. The second-order valence-corrected chi connectivity index (χ2v) is 5.99. The molecule has 0 bridgehead atoms. The number of hydrogen-bond donors (Lipinski definition) is 0. The first-order chi connectivity index (χ1) is 7.56. The Labute approximate surface area is 109 Å². The molecule has 16 heavy (non-hydrogen) atoms. The molecule has 0 saturated heterocycles. The van der Waals surface area contributed by atoms with Crippen LogP contribution in [0.4, 0.5) is 0 Å². The topological polar surface area (TPSA) is 21.6 Å². The van der Waals surface area contributed by atoms with Crippen LogP contribution in [-0.2, 0) is 0 Å². The van der Waals surface area contributed by atoms with E-state index in [2.05, 4.69) is 40.8 Å². The van der Waals surface area contributed by atoms with E-state index in [1.54, 1.807) is 11.8 Å². The Hall–Kier alpha value is -0.480. The Bertz CT molecular complexity index is 431. The highest BCUT2D eigenvalue weighted by Gasteiger charge is 2.23. The maximum Gasteiger partial charge on any atom is 0.144 e. The highest BCUT2D eigenvalue weighted by Crippen LogP contribution is 2.38. The SMILES string of the molecule is CC(C)N=C1Sc2cc(Br)ccc2OC1C. The van der Waals surface area contributed by atoms with Gasteiger partial charge in [-0.1, -0.05) is 27.7 Å². The lowest BCUT2D eigenvalue weighted by Crippen LogP contribution is -2.26. The molecule has 1 aromatic carbocycles. The van der Waals surface area contributed by atoms with Crippen molar-refractivity contribution < 1.29 is 4.74 Å². The first kappa shape index (κ1) is 12.0. The lowest BCUT2D eigenvalue weighted by atomic mass is 10.3. The minimum atomic E-state index is 0.0566. The van der Waals surface area contributed by atoms with Gasteiger partial charge in [0.15, 0.2) is 0 Å². The standard InChI is InChI=1S/C12H14BrNOS/c1-7(2)14-12-8(3)15-10-5-4-9(13)6-11(10)16-12/h4-8H,1-3H3. The molecule has 0 aromatic heterocycles. The molecular weight excluding hydrogens is 286 g/mol. The van der Waals surface area contributed by atoms with Crippen LogP contribution in [0.1, 0.15) is 20.8 Å². The van der Waals surface area contributed by atoms with Crippen molar-refractivity contribution in [1.82, 2.24) is 0 Å². The van der Waals surface area contributed by atoms with Gasteiger partial charge in [-0.15, -0.1) is 0 Å². The van der Waals surface area contributed by atoms with Gasteiger partial charge in [-0.25, -0.2) is 0 Å². The van der Waals surface area contributed by atoms with Crippen molar-refractivity contribution in [3.8, 4) is 5.75 Å². The molecule has 1 aliphatic rings. The zero-order chi connectivity index (χ0) is 11.7. The Kier molecular flexibility index (Phi) is 3.60. The summed E-state index contributed by atoms with van der Waals surface area (Å²) in [6, 6.07) is 6.37. The Morgan fingerprint density at radius 1 is 1.44 bits per heavy atom. The summed E-state index contributed by atoms with van der Waals surface area (Å²) >= 11 is 5.17. The molecule has 1 aromatic rings. The van der Waals surface area contributed by atoms with Crippen LogP contribution in [0.25, 0.3) is 0 Å². The van der Waals surface area contributed by atoms with E-state index in [-0.39, 0.29) is 6.10 Å². The highest BCUT2D eigenvalue weighted by atomic mass is 79.9. The summed E-state index contributed by atoms with van der Waals surface area (Å²) in [6.45, 7) is 6.20. The first-order valence-corrected chi connectivity index (χ1v) is 6.89. The molecule has 2 rings (SSSR count). The number of aliphatic imine (C=N–C) groups is 1. The van der Waals surface area contributed by atoms with Gasteiger partial charge in [0.05, 0.1) is 4.90 Å². The molecule has 0 fully saturated rings. The van der Waals surface area contributed by atoms with E-state index in [0.717, 1.165) is 20.2 Å². The molecule has 1 unspecified atom stereocenters. The van der Waals surface area contributed by atoms with E-state index >= 15 is 0 Å². The third-order valence-corrected chi connectivity index (χ3v) is 3.84. The smallest absolute Gasteiger partial charge is 0.144 e. The van der Waals surface area contributed by atoms with Crippen molar-refractivity contribution in [2.75, 3.05) is 0 Å². The number of thioether (sulfide) groups is 1. The summed E-state index contributed by atoms with van der Waals surface area (Å²) in [6.07, 6.45) is 0.0566. The number of hydrogen-bond acceptors (Lipinski definition) is 3. The van der Waals surface area contributed by atoms with Crippen molar-refractivity contribution in [3.63, 3.8) is 0 Å². The van der Waals surface area contributed by atoms with Gasteiger partial charge in [0.25, 0.3) is 0 Å². The van der Waals surface area contributed by atoms with E-state index in [1.165, 1.54) is 0 Å². The lowest BCUT2D eigenvalue weighted by molar-refractivity contribution is 0.279. The minimum Gasteiger partial charge on any atom is -0.483 e. The molecule has 0 N–H and O–H groups in total. The summed E-state index contributed by atoms with van der Waals surface area (Å²) in [4.78, 5) is 5.72. The second-order valence-electron chi connectivity index (χ2n) is 4.01. The third-order valence-electron chi connectivity index (χ3n) is 2.16. The molecule has 1 atom stereocenters. The highest BCUT2D eigenvalue weighted by molar-refractivity contribution is 9.10. The largest absolute Gasteiger partial charge is 0.483 e. The molecule has 1 heterocycles. The molecule has 0 spiro atoms. The molecule has 4 heteroatoms. The van der Waals surface area contributed by atoms with Crippen molar-refractivity contribution >= 4 is 32.7 Å². The van der Waals surface area contributed by atoms with E-state index < -0.39 is 0 Å². The van der Waals surface area contributed by atoms with Crippen molar-refractivity contribution in [2.24, 2.45) is 4.99 Å². The van der Waals surface area contributed by atoms with Crippen LogP contribution in [0, 0.1) is 0 Å². The van der Waals surface area contributed by atoms with Gasteiger partial charge in [0.1, 0.15) is 16.9 Å². The van der Waals surface area contributed by atoms with E-state index in [1.807, 2.05) is 19.1 Å². The minimum absolute atomic E-state index is 0.0566. The average molecular weight is 300 g/mol. The van der Waals surface area contributed by atoms with Gasteiger partial charge < -0.3 is 4.74 Å². The van der Waals surface area contributed by atoms with Crippen LogP contribution < -0.4 is 4.74 Å². The number of fused-ring (bicyclic) bond motifs is 1. The first-order valence-electron chi connectivity index (χ1n) is 5.28. The van der Waals surface area contributed by atoms with Crippen LogP contribution in [0.2, 0.25) is 0 Å². The van der Waals surface area contributed by atoms with Gasteiger partial charge in [0, 0.05) is 10.5 Å². The van der Waals surface area contributed by atoms with Crippen LogP contribution in [-0.4, -0.2) is 17.2 Å². The number of ether oxygens (including phenoxy) is 1. The monoisotopic (exact) mass is 299 g/mol. The van der Waals surface area contributed by atoms with Crippen molar-refractivity contribution in [3.05, 3.63) is 22.7 Å². The molecule has 86 valence electrons. The maximum absolute atomic E-state index is 5.83. The van der Waals surface area contributed by atoms with Crippen LogP contribution >= 0.6 is 27.7 Å². The number of benzene rings is 1. The van der Waals surface area contributed by atoms with Gasteiger partial charge in [0.2, 0.25) is 0 Å². The molecular formula is C12H14BrNOS. The van der Waals surface area contributed by atoms with Crippen LogP contribution in [0.3, 0.4) is 0 Å². The van der Waals surface area contributed by atoms with Gasteiger partial charge >= 0.3 is 0 Å². The predicted molar refractivity (Wildman–Crippen MR) is 72.7 cm³/mol. The average Bonchev–Trinajstić information content (AvgIpc) is 2.19. The number of halogens is 1. The van der Waals surface area contributed by atoms with Crippen LogP contribution in [0.15, 0.2) is 32.6 Å². The maximum atomic E-state index is 5.83. The predicted octanol–water partition coefficient (Wildman–Crippen LogP) is 4.13. The quantitative estimate of drug-likeness (QED) is 0.778. The molecule has 2 nitrogen and oxygen atoms in total. The summed E-state index contributed by atoms with van der Waals surface area (Å²) in [7, 11) is 0. The zero-order valence-electron chi connectivity index (χ0n) is 9.53. The Morgan fingerprint density at radius 3 is 2.88 bits per heavy atom. The molecule has 0 saturated carbocycles.